The van der Waals surface area contributed by atoms with E-state index in [0.717, 1.165) is 12.1 Å². The summed E-state index contributed by atoms with van der Waals surface area (Å²) in [5.41, 5.74) is -0.907. The summed E-state index contributed by atoms with van der Waals surface area (Å²) in [4.78, 5) is 9.79. The summed E-state index contributed by atoms with van der Waals surface area (Å²) in [7, 11) is 1.35. The van der Waals surface area contributed by atoms with E-state index in [9.17, 15) is 10.1 Å². The molecule has 0 fully saturated rings. The lowest BCUT2D eigenvalue weighted by molar-refractivity contribution is -0.385. The Balaban J connectivity index is 3.36. The van der Waals surface area contributed by atoms with Crippen LogP contribution in [0.4, 0.5) is 5.69 Å². The largest absolute Gasteiger partial charge is 0.497 e. The summed E-state index contributed by atoms with van der Waals surface area (Å²) in [6.07, 6.45) is 0. The number of methoxy groups -OCH3 is 1. The predicted molar refractivity (Wildman–Crippen MR) is 45.6 cm³/mol. The number of benzene rings is 1. The van der Waals surface area contributed by atoms with Crippen LogP contribution in [0.15, 0.2) is 18.2 Å². The van der Waals surface area contributed by atoms with Gasteiger partial charge in [-0.2, -0.15) is 0 Å². The Bertz CT molecular complexity index is 389. The number of rotatable bonds is 3. The molecule has 0 bridgehead atoms. The topological polar surface area (TPSA) is 72.6 Å². The lowest BCUT2D eigenvalue weighted by Crippen LogP contribution is -1.96. The molecule has 0 saturated heterocycles. The van der Waals surface area contributed by atoms with Crippen molar-refractivity contribution in [2.24, 2.45) is 0 Å². The zero-order valence-electron chi connectivity index (χ0n) is 8.85. The molecule has 13 heavy (non-hydrogen) atoms. The van der Waals surface area contributed by atoms with Crippen molar-refractivity contribution in [3.05, 3.63) is 33.9 Å². The van der Waals surface area contributed by atoms with E-state index in [0.29, 0.717) is 0 Å². The van der Waals surface area contributed by atoms with Gasteiger partial charge in [0.2, 0.25) is 0 Å². The summed E-state index contributed by atoms with van der Waals surface area (Å²) >= 11 is 0. The Hall–Kier alpha value is -1.62. The average Bonchev–Trinajstić information content (AvgIpc) is 2.15. The van der Waals surface area contributed by atoms with Crippen LogP contribution in [0.2, 0.25) is 0 Å². The average molecular weight is 185 g/mol. The van der Waals surface area contributed by atoms with Crippen LogP contribution in [0.25, 0.3) is 0 Å². The van der Waals surface area contributed by atoms with Crippen molar-refractivity contribution in [1.29, 1.82) is 0 Å². The van der Waals surface area contributed by atoms with Crippen molar-refractivity contribution in [2.45, 2.75) is 6.56 Å². The molecule has 1 aromatic carbocycles. The molecule has 1 rings (SSSR count). The van der Waals surface area contributed by atoms with Gasteiger partial charge in [-0.15, -0.1) is 0 Å². The Kier molecular flexibility index (Phi) is 2.03. The van der Waals surface area contributed by atoms with Gasteiger partial charge in [-0.25, -0.2) is 0 Å². The second-order valence-electron chi connectivity index (χ2n) is 2.25. The van der Waals surface area contributed by atoms with Crippen LogP contribution in [-0.4, -0.2) is 17.1 Å². The number of nitrogens with zero attached hydrogens (tertiary/aromatic N) is 1. The summed E-state index contributed by atoms with van der Waals surface area (Å²) in [5, 5.41) is 19.7. The fourth-order valence-electron chi connectivity index (χ4n) is 0.891. The molecule has 0 atom stereocenters. The first-order valence-corrected chi connectivity index (χ1v) is 3.41. The number of nitro benzene ring substituents is 1. The van der Waals surface area contributed by atoms with Gasteiger partial charge in [-0.05, 0) is 12.1 Å². The van der Waals surface area contributed by atoms with Gasteiger partial charge in [-0.3, -0.25) is 10.1 Å². The first-order valence-electron chi connectivity index (χ1n) is 4.41. The summed E-state index contributed by atoms with van der Waals surface area (Å²) < 4.78 is 18.9. The van der Waals surface area contributed by atoms with Gasteiger partial charge in [0.15, 0.2) is 0 Å². The smallest absolute Gasteiger partial charge is 0.275 e. The maximum atomic E-state index is 10.6. The van der Waals surface area contributed by atoms with Crippen molar-refractivity contribution in [3.63, 3.8) is 0 Å². The van der Waals surface area contributed by atoms with Crippen LogP contribution in [0.3, 0.4) is 0 Å². The van der Waals surface area contributed by atoms with Crippen LogP contribution in [0.5, 0.6) is 5.75 Å². The zero-order chi connectivity index (χ0) is 11.6. The van der Waals surface area contributed by atoms with Gasteiger partial charge in [0.25, 0.3) is 5.69 Å². The van der Waals surface area contributed by atoms with Crippen LogP contribution in [-0.2, 0) is 6.56 Å². The summed E-state index contributed by atoms with van der Waals surface area (Å²) in [6, 6.07) is 3.51. The third kappa shape index (κ3) is 1.94. The molecule has 1 N–H and O–H groups in total. The molecular formula is C8H9NO4. The molecule has 0 radical (unpaired) electrons. The Labute approximate surface area is 77.5 Å². The zero-order valence-corrected chi connectivity index (χ0v) is 6.85. The first kappa shape index (κ1) is 6.85. The minimum atomic E-state index is -2.77. The highest BCUT2D eigenvalue weighted by Crippen LogP contribution is 2.23. The highest BCUT2D eigenvalue weighted by molar-refractivity contribution is 5.44. The van der Waals surface area contributed by atoms with E-state index in [1.807, 2.05) is 0 Å². The lowest BCUT2D eigenvalue weighted by Gasteiger charge is -2.02. The van der Waals surface area contributed by atoms with Crippen molar-refractivity contribution in [2.75, 3.05) is 7.11 Å². The molecule has 0 spiro atoms. The van der Waals surface area contributed by atoms with E-state index in [2.05, 4.69) is 0 Å². The number of aliphatic hydroxyl groups is 1. The number of ether oxygens (including phenoxy) is 1. The van der Waals surface area contributed by atoms with E-state index in [-0.39, 0.29) is 5.75 Å². The van der Waals surface area contributed by atoms with Gasteiger partial charge in [-0.1, -0.05) is 0 Å². The molecule has 5 heteroatoms. The maximum Gasteiger partial charge on any atom is 0.275 e. The molecule has 0 aromatic heterocycles. The monoisotopic (exact) mass is 185 g/mol. The van der Waals surface area contributed by atoms with Gasteiger partial charge in [0, 0.05) is 6.07 Å². The summed E-state index contributed by atoms with van der Waals surface area (Å²) in [5.74, 6) is 0.244. The molecule has 0 heterocycles. The minimum absolute atomic E-state index is 0.244. The van der Waals surface area contributed by atoms with E-state index in [1.54, 1.807) is 0 Å². The molecule has 0 saturated carbocycles. The lowest BCUT2D eigenvalue weighted by atomic mass is 10.2. The van der Waals surface area contributed by atoms with E-state index in [4.69, 9.17) is 12.6 Å². The fraction of sp³-hybridized carbons (Fsp3) is 0.250. The van der Waals surface area contributed by atoms with E-state index >= 15 is 0 Å². The number of nitro groups is 1. The van der Waals surface area contributed by atoms with Crippen LogP contribution >= 0.6 is 0 Å². The minimum Gasteiger partial charge on any atom is -0.497 e. The molecule has 0 aliphatic carbocycles. The Morgan fingerprint density at radius 1 is 1.77 bits per heavy atom. The van der Waals surface area contributed by atoms with Crippen molar-refractivity contribution in [3.8, 4) is 5.75 Å². The standard InChI is InChI=1S/C8H9NO4/c1-13-7-2-3-8(9(11)12)6(4-7)5-10/h2-4,10H,5H2,1H3/i5D2. The molecule has 0 unspecified atom stereocenters. The van der Waals surface area contributed by atoms with Crippen LogP contribution < -0.4 is 4.74 Å². The molecule has 0 aliphatic heterocycles. The third-order valence-corrected chi connectivity index (χ3v) is 1.52. The summed E-state index contributed by atoms with van der Waals surface area (Å²) in [6.45, 7) is -2.77. The van der Waals surface area contributed by atoms with Gasteiger partial charge >= 0.3 is 0 Å². The molecule has 70 valence electrons. The molecular weight excluding hydrogens is 174 g/mol. The van der Waals surface area contributed by atoms with E-state index in [1.165, 1.54) is 13.2 Å². The molecule has 1 aromatic rings. The van der Waals surface area contributed by atoms with Crippen molar-refractivity contribution < 1.29 is 17.5 Å². The quantitative estimate of drug-likeness (QED) is 0.565. The molecule has 5 nitrogen and oxygen atoms in total. The normalized spacial score (nSPS) is 13.1. The predicted octanol–water partition coefficient (Wildman–Crippen LogP) is 1.10. The second kappa shape index (κ2) is 3.86. The van der Waals surface area contributed by atoms with Gasteiger partial charge in [0.1, 0.15) is 5.75 Å². The Morgan fingerprint density at radius 2 is 2.46 bits per heavy atom. The second-order valence-corrected chi connectivity index (χ2v) is 2.25. The van der Waals surface area contributed by atoms with Crippen LogP contribution in [0.1, 0.15) is 8.30 Å². The van der Waals surface area contributed by atoms with Gasteiger partial charge in [0.05, 0.1) is 26.9 Å². The number of hydrogen-bond acceptors (Lipinski definition) is 4. The number of hydrogen-bond donors (Lipinski definition) is 1. The first-order chi connectivity index (χ1) is 6.86. The third-order valence-electron chi connectivity index (χ3n) is 1.52. The SMILES string of the molecule is [2H]C([2H])(O)c1cc(OC)ccc1[N+](=O)[O-]. The molecule has 0 amide bonds. The molecule has 0 aliphatic rings. The Morgan fingerprint density at radius 3 is 2.92 bits per heavy atom. The highest BCUT2D eigenvalue weighted by atomic mass is 16.6. The van der Waals surface area contributed by atoms with Crippen molar-refractivity contribution >= 4 is 5.69 Å². The van der Waals surface area contributed by atoms with Crippen LogP contribution in [0, 0.1) is 10.1 Å². The maximum absolute atomic E-state index is 10.6. The fourth-order valence-corrected chi connectivity index (χ4v) is 0.891. The van der Waals surface area contributed by atoms with Crippen molar-refractivity contribution in [1.82, 2.24) is 0 Å². The van der Waals surface area contributed by atoms with Gasteiger partial charge < -0.3 is 9.84 Å². The van der Waals surface area contributed by atoms with E-state index < -0.39 is 22.7 Å². The highest BCUT2D eigenvalue weighted by Gasteiger charge is 2.12.